The van der Waals surface area contributed by atoms with Crippen LogP contribution in [-0.4, -0.2) is 18.0 Å². The van der Waals surface area contributed by atoms with E-state index in [-0.39, 0.29) is 11.4 Å². The molecule has 13 heavy (non-hydrogen) atoms. The van der Waals surface area contributed by atoms with Crippen molar-refractivity contribution in [3.05, 3.63) is 22.4 Å². The minimum atomic E-state index is -0.334. The van der Waals surface area contributed by atoms with Crippen LogP contribution in [0.25, 0.3) is 0 Å². The van der Waals surface area contributed by atoms with Gasteiger partial charge in [-0.1, -0.05) is 0 Å². The maximum absolute atomic E-state index is 11.5. The van der Waals surface area contributed by atoms with Crippen molar-refractivity contribution in [3.8, 4) is 0 Å². The highest BCUT2D eigenvalue weighted by molar-refractivity contribution is 7.08. The van der Waals surface area contributed by atoms with Gasteiger partial charge in [0, 0.05) is 17.5 Å². The number of amides is 1. The summed E-state index contributed by atoms with van der Waals surface area (Å²) < 4.78 is 0. The molecular weight excluding hydrogens is 184 g/mol. The highest BCUT2D eigenvalue weighted by Crippen LogP contribution is 2.08. The van der Waals surface area contributed by atoms with E-state index in [9.17, 15) is 4.79 Å². The Morgan fingerprint density at radius 2 is 2.38 bits per heavy atom. The largest absolute Gasteiger partial charge is 0.346 e. The molecule has 72 valence electrons. The summed E-state index contributed by atoms with van der Waals surface area (Å²) >= 11 is 1.51. The molecule has 1 amide bonds. The summed E-state index contributed by atoms with van der Waals surface area (Å²) in [5.41, 5.74) is 5.86. The molecule has 0 fully saturated rings. The molecule has 0 saturated heterocycles. The number of nitrogens with two attached hydrogens (primary N) is 1. The Morgan fingerprint density at radius 3 is 2.85 bits per heavy atom. The molecule has 0 aromatic carbocycles. The van der Waals surface area contributed by atoms with E-state index < -0.39 is 0 Å². The molecule has 0 aliphatic heterocycles. The van der Waals surface area contributed by atoms with E-state index in [0.717, 1.165) is 0 Å². The molecule has 0 spiro atoms. The molecule has 1 aromatic heterocycles. The highest BCUT2D eigenvalue weighted by Gasteiger charge is 2.18. The molecule has 3 nitrogen and oxygen atoms in total. The number of rotatable bonds is 3. The van der Waals surface area contributed by atoms with Gasteiger partial charge >= 0.3 is 0 Å². The van der Waals surface area contributed by atoms with Gasteiger partial charge in [-0.25, -0.2) is 0 Å². The molecule has 0 aliphatic rings. The third-order valence-electron chi connectivity index (χ3n) is 1.75. The van der Waals surface area contributed by atoms with Crippen molar-refractivity contribution in [1.82, 2.24) is 5.32 Å². The van der Waals surface area contributed by atoms with E-state index in [1.165, 1.54) is 11.3 Å². The first-order chi connectivity index (χ1) is 6.05. The van der Waals surface area contributed by atoms with Gasteiger partial charge in [0.15, 0.2) is 0 Å². The van der Waals surface area contributed by atoms with Gasteiger partial charge in [-0.2, -0.15) is 11.3 Å². The predicted molar refractivity (Wildman–Crippen MR) is 54.9 cm³/mol. The molecule has 1 heterocycles. The zero-order chi connectivity index (χ0) is 9.90. The monoisotopic (exact) mass is 198 g/mol. The number of hydrogen-bond acceptors (Lipinski definition) is 3. The van der Waals surface area contributed by atoms with Crippen LogP contribution in [0.4, 0.5) is 0 Å². The molecule has 1 aromatic rings. The second kappa shape index (κ2) is 3.89. The average Bonchev–Trinajstić information content (AvgIpc) is 2.55. The average molecular weight is 198 g/mol. The Balaban J connectivity index is 2.61. The van der Waals surface area contributed by atoms with Crippen LogP contribution in [0.15, 0.2) is 16.8 Å². The first-order valence-corrected chi connectivity index (χ1v) is 5.04. The second-order valence-corrected chi connectivity index (χ2v) is 4.33. The summed E-state index contributed by atoms with van der Waals surface area (Å²) in [5.74, 6) is -0.0586. The third kappa shape index (κ3) is 2.82. The Morgan fingerprint density at radius 1 is 1.69 bits per heavy atom. The molecule has 0 unspecified atom stereocenters. The van der Waals surface area contributed by atoms with E-state index in [2.05, 4.69) is 5.32 Å². The lowest BCUT2D eigenvalue weighted by Crippen LogP contribution is -2.48. The van der Waals surface area contributed by atoms with Crippen molar-refractivity contribution < 1.29 is 4.79 Å². The SMILES string of the molecule is CC(C)(CN)NC(=O)c1ccsc1. The van der Waals surface area contributed by atoms with E-state index in [1.54, 1.807) is 6.07 Å². The summed E-state index contributed by atoms with van der Waals surface area (Å²) in [6.07, 6.45) is 0. The molecule has 0 aliphatic carbocycles. The highest BCUT2D eigenvalue weighted by atomic mass is 32.1. The van der Waals surface area contributed by atoms with Crippen molar-refractivity contribution in [2.75, 3.05) is 6.54 Å². The van der Waals surface area contributed by atoms with Crippen molar-refractivity contribution in [3.63, 3.8) is 0 Å². The standard InChI is InChI=1S/C9H14N2OS/c1-9(2,6-10)11-8(12)7-3-4-13-5-7/h3-5H,6,10H2,1-2H3,(H,11,12). The van der Waals surface area contributed by atoms with Crippen molar-refractivity contribution >= 4 is 17.2 Å². The molecule has 4 heteroatoms. The first kappa shape index (κ1) is 10.2. The fourth-order valence-electron chi connectivity index (χ4n) is 0.824. The zero-order valence-corrected chi connectivity index (χ0v) is 8.65. The number of nitrogens with one attached hydrogen (secondary N) is 1. The van der Waals surface area contributed by atoms with Gasteiger partial charge in [-0.3, -0.25) is 4.79 Å². The lowest BCUT2D eigenvalue weighted by Gasteiger charge is -2.23. The Bertz CT molecular complexity index is 280. The van der Waals surface area contributed by atoms with E-state index in [0.29, 0.717) is 12.1 Å². The van der Waals surface area contributed by atoms with Gasteiger partial charge in [0.2, 0.25) is 0 Å². The smallest absolute Gasteiger partial charge is 0.252 e. The van der Waals surface area contributed by atoms with Crippen LogP contribution in [0.2, 0.25) is 0 Å². The molecule has 0 atom stereocenters. The predicted octanol–water partition coefficient (Wildman–Crippen LogP) is 1.22. The summed E-state index contributed by atoms with van der Waals surface area (Å²) in [6.45, 7) is 4.23. The maximum Gasteiger partial charge on any atom is 0.252 e. The maximum atomic E-state index is 11.5. The lowest BCUT2D eigenvalue weighted by atomic mass is 10.1. The summed E-state index contributed by atoms with van der Waals surface area (Å²) in [4.78, 5) is 11.5. The number of carbonyl (C=O) groups is 1. The molecule has 0 radical (unpaired) electrons. The van der Waals surface area contributed by atoms with Crippen LogP contribution in [-0.2, 0) is 0 Å². The van der Waals surface area contributed by atoms with Gasteiger partial charge in [-0.15, -0.1) is 0 Å². The van der Waals surface area contributed by atoms with Crippen LogP contribution in [0.3, 0.4) is 0 Å². The minimum absolute atomic E-state index is 0.0586. The topological polar surface area (TPSA) is 55.1 Å². The van der Waals surface area contributed by atoms with E-state index in [4.69, 9.17) is 5.73 Å². The quantitative estimate of drug-likeness (QED) is 0.767. The minimum Gasteiger partial charge on any atom is -0.346 e. The second-order valence-electron chi connectivity index (χ2n) is 3.55. The fourth-order valence-corrected chi connectivity index (χ4v) is 1.46. The van der Waals surface area contributed by atoms with Crippen molar-refractivity contribution in [2.45, 2.75) is 19.4 Å². The summed E-state index contributed by atoms with van der Waals surface area (Å²) in [5, 5.41) is 6.55. The Hall–Kier alpha value is -0.870. The lowest BCUT2D eigenvalue weighted by molar-refractivity contribution is 0.0916. The van der Waals surface area contributed by atoms with E-state index >= 15 is 0 Å². The van der Waals surface area contributed by atoms with Crippen molar-refractivity contribution in [2.24, 2.45) is 5.73 Å². The zero-order valence-electron chi connectivity index (χ0n) is 7.83. The third-order valence-corrected chi connectivity index (χ3v) is 2.43. The van der Waals surface area contributed by atoms with Gasteiger partial charge in [-0.05, 0) is 25.3 Å². The molecular formula is C9H14N2OS. The molecule has 0 bridgehead atoms. The van der Waals surface area contributed by atoms with Crippen LogP contribution in [0.1, 0.15) is 24.2 Å². The van der Waals surface area contributed by atoms with Crippen LogP contribution in [0, 0.1) is 0 Å². The van der Waals surface area contributed by atoms with E-state index in [1.807, 2.05) is 24.6 Å². The van der Waals surface area contributed by atoms with Gasteiger partial charge in [0.1, 0.15) is 0 Å². The Kier molecular flexibility index (Phi) is 3.06. The Labute approximate surface area is 81.9 Å². The number of hydrogen-bond donors (Lipinski definition) is 2. The fraction of sp³-hybridized carbons (Fsp3) is 0.444. The van der Waals surface area contributed by atoms with Gasteiger partial charge in [0.05, 0.1) is 5.56 Å². The first-order valence-electron chi connectivity index (χ1n) is 4.10. The number of carbonyl (C=O) groups excluding carboxylic acids is 1. The summed E-state index contributed by atoms with van der Waals surface area (Å²) in [7, 11) is 0. The van der Waals surface area contributed by atoms with Gasteiger partial charge < -0.3 is 11.1 Å². The van der Waals surface area contributed by atoms with Crippen LogP contribution in [0.5, 0.6) is 0 Å². The number of thiophene rings is 1. The van der Waals surface area contributed by atoms with Crippen molar-refractivity contribution in [1.29, 1.82) is 0 Å². The van der Waals surface area contributed by atoms with Crippen LogP contribution >= 0.6 is 11.3 Å². The normalized spacial score (nSPS) is 11.3. The van der Waals surface area contributed by atoms with Crippen LogP contribution < -0.4 is 11.1 Å². The molecule has 0 saturated carbocycles. The van der Waals surface area contributed by atoms with Gasteiger partial charge in [0.25, 0.3) is 5.91 Å². The molecule has 1 rings (SSSR count). The molecule has 3 N–H and O–H groups in total. The summed E-state index contributed by atoms with van der Waals surface area (Å²) in [6, 6.07) is 1.80.